The summed E-state index contributed by atoms with van der Waals surface area (Å²) in [5.41, 5.74) is -0.867. The van der Waals surface area contributed by atoms with Crippen molar-refractivity contribution in [3.05, 3.63) is 30.2 Å². The number of furan rings is 1. The van der Waals surface area contributed by atoms with Crippen LogP contribution in [0.25, 0.3) is 6.08 Å². The average molecular weight is 263 g/mol. The highest BCUT2D eigenvalue weighted by atomic mass is 16.4. The lowest BCUT2D eigenvalue weighted by Gasteiger charge is -2.27. The molecule has 0 aromatic carbocycles. The number of carbonyl (C=O) groups is 2. The highest BCUT2D eigenvalue weighted by molar-refractivity contribution is 5.92. The third-order valence-electron chi connectivity index (χ3n) is 3.71. The van der Waals surface area contributed by atoms with Gasteiger partial charge < -0.3 is 14.8 Å². The van der Waals surface area contributed by atoms with Gasteiger partial charge in [0.05, 0.1) is 11.7 Å². The van der Waals surface area contributed by atoms with Gasteiger partial charge in [0.1, 0.15) is 5.76 Å². The molecule has 2 unspecified atom stereocenters. The third kappa shape index (κ3) is 2.86. The van der Waals surface area contributed by atoms with Gasteiger partial charge in [-0.15, -0.1) is 0 Å². The molecule has 1 saturated carbocycles. The Labute approximate surface area is 111 Å². The molecular weight excluding hydrogens is 246 g/mol. The second-order valence-electron chi connectivity index (χ2n) is 5.02. The Morgan fingerprint density at radius 2 is 2.37 bits per heavy atom. The summed E-state index contributed by atoms with van der Waals surface area (Å²) in [4.78, 5) is 23.0. The van der Waals surface area contributed by atoms with Crippen LogP contribution in [-0.4, -0.2) is 23.0 Å². The van der Waals surface area contributed by atoms with Crippen LogP contribution in [0.5, 0.6) is 0 Å². The molecule has 0 spiro atoms. The zero-order chi connectivity index (χ0) is 13.9. The molecule has 1 aliphatic rings. The summed E-state index contributed by atoms with van der Waals surface area (Å²) in [7, 11) is 0. The number of carboxylic acid groups (broad SMARTS) is 1. The molecular formula is C14H17NO4. The second kappa shape index (κ2) is 5.30. The lowest BCUT2D eigenvalue weighted by atomic mass is 9.85. The fraction of sp³-hybridized carbons (Fsp3) is 0.429. The van der Waals surface area contributed by atoms with Crippen LogP contribution < -0.4 is 5.32 Å². The molecule has 2 atom stereocenters. The minimum Gasteiger partial charge on any atom is -0.481 e. The van der Waals surface area contributed by atoms with Crippen molar-refractivity contribution < 1.29 is 19.1 Å². The van der Waals surface area contributed by atoms with Crippen molar-refractivity contribution in [1.29, 1.82) is 0 Å². The fourth-order valence-corrected chi connectivity index (χ4v) is 2.42. The summed E-state index contributed by atoms with van der Waals surface area (Å²) in [5, 5.41) is 12.0. The van der Waals surface area contributed by atoms with E-state index >= 15 is 0 Å². The van der Waals surface area contributed by atoms with Crippen LogP contribution >= 0.6 is 0 Å². The van der Waals surface area contributed by atoms with Gasteiger partial charge in [0, 0.05) is 12.1 Å². The van der Waals surface area contributed by atoms with Crippen molar-refractivity contribution in [2.75, 3.05) is 0 Å². The molecule has 19 heavy (non-hydrogen) atoms. The number of rotatable bonds is 4. The van der Waals surface area contributed by atoms with Crippen molar-refractivity contribution in [2.45, 2.75) is 32.2 Å². The van der Waals surface area contributed by atoms with Crippen molar-refractivity contribution in [1.82, 2.24) is 5.32 Å². The van der Waals surface area contributed by atoms with E-state index in [4.69, 9.17) is 4.42 Å². The smallest absolute Gasteiger partial charge is 0.311 e. The van der Waals surface area contributed by atoms with Gasteiger partial charge in [-0.3, -0.25) is 9.59 Å². The highest BCUT2D eigenvalue weighted by Gasteiger charge is 2.45. The Kier molecular flexibility index (Phi) is 3.74. The van der Waals surface area contributed by atoms with E-state index in [9.17, 15) is 14.7 Å². The zero-order valence-electron chi connectivity index (χ0n) is 10.8. The number of nitrogens with one attached hydrogen (secondary N) is 1. The van der Waals surface area contributed by atoms with E-state index in [0.29, 0.717) is 18.6 Å². The largest absolute Gasteiger partial charge is 0.481 e. The van der Waals surface area contributed by atoms with E-state index < -0.39 is 11.4 Å². The van der Waals surface area contributed by atoms with Crippen LogP contribution in [-0.2, 0) is 9.59 Å². The first-order chi connectivity index (χ1) is 9.02. The minimum absolute atomic E-state index is 0.296. The average Bonchev–Trinajstić information content (AvgIpc) is 2.98. The van der Waals surface area contributed by atoms with Gasteiger partial charge in [-0.2, -0.15) is 0 Å². The molecule has 5 heteroatoms. The van der Waals surface area contributed by atoms with Crippen LogP contribution in [0.1, 0.15) is 31.9 Å². The van der Waals surface area contributed by atoms with Gasteiger partial charge in [0.2, 0.25) is 5.91 Å². The van der Waals surface area contributed by atoms with Crippen molar-refractivity contribution in [2.24, 2.45) is 5.41 Å². The van der Waals surface area contributed by atoms with Crippen molar-refractivity contribution in [3.8, 4) is 0 Å². The number of hydrogen-bond acceptors (Lipinski definition) is 3. The van der Waals surface area contributed by atoms with Gasteiger partial charge in [-0.1, -0.05) is 6.42 Å². The second-order valence-corrected chi connectivity index (χ2v) is 5.02. The predicted molar refractivity (Wildman–Crippen MR) is 69.3 cm³/mol. The minimum atomic E-state index is -0.867. The monoisotopic (exact) mass is 263 g/mol. The normalized spacial score (nSPS) is 26.7. The highest BCUT2D eigenvalue weighted by Crippen LogP contribution is 2.38. The molecule has 2 N–H and O–H groups in total. The summed E-state index contributed by atoms with van der Waals surface area (Å²) in [5.74, 6) is -0.566. The lowest BCUT2D eigenvalue weighted by molar-refractivity contribution is -0.148. The SMILES string of the molecule is CC1(C(=O)O)CCCC1NC(=O)/C=C/c1ccco1. The molecule has 1 fully saturated rings. The molecule has 2 rings (SSSR count). The number of aliphatic carboxylic acids is 1. The topological polar surface area (TPSA) is 79.5 Å². The first-order valence-electron chi connectivity index (χ1n) is 6.28. The third-order valence-corrected chi connectivity index (χ3v) is 3.71. The number of hydrogen-bond donors (Lipinski definition) is 2. The standard InChI is InChI=1S/C14H17NO4/c1-14(13(17)18)8-2-5-11(14)15-12(16)7-6-10-4-3-9-19-10/h3-4,6-7,9,11H,2,5,8H2,1H3,(H,15,16)(H,17,18)/b7-6+. The van der Waals surface area contributed by atoms with Crippen LogP contribution in [0, 0.1) is 5.41 Å². The quantitative estimate of drug-likeness (QED) is 0.815. The Hall–Kier alpha value is -2.04. The van der Waals surface area contributed by atoms with Gasteiger partial charge in [-0.05, 0) is 38.0 Å². The van der Waals surface area contributed by atoms with E-state index in [1.54, 1.807) is 25.1 Å². The van der Waals surface area contributed by atoms with Gasteiger partial charge in [0.25, 0.3) is 0 Å². The Balaban J connectivity index is 1.97. The predicted octanol–water partition coefficient (Wildman–Crippen LogP) is 2.05. The van der Waals surface area contributed by atoms with Crippen molar-refractivity contribution >= 4 is 18.0 Å². The summed E-state index contributed by atoms with van der Waals surface area (Å²) in [6, 6.07) is 3.15. The summed E-state index contributed by atoms with van der Waals surface area (Å²) in [6.45, 7) is 1.68. The van der Waals surface area contributed by atoms with Gasteiger partial charge in [-0.25, -0.2) is 0 Å². The lowest BCUT2D eigenvalue weighted by Crippen LogP contribution is -2.46. The molecule has 1 aromatic rings. The van der Waals surface area contributed by atoms with Crippen LogP contribution in [0.2, 0.25) is 0 Å². The first kappa shape index (κ1) is 13.4. The molecule has 0 radical (unpaired) electrons. The molecule has 0 saturated heterocycles. The molecule has 0 bridgehead atoms. The summed E-state index contributed by atoms with van der Waals surface area (Å²) in [6.07, 6.45) is 6.55. The van der Waals surface area contributed by atoms with E-state index in [-0.39, 0.29) is 11.9 Å². The molecule has 1 amide bonds. The molecule has 1 heterocycles. The maximum Gasteiger partial charge on any atom is 0.311 e. The van der Waals surface area contributed by atoms with E-state index in [1.807, 2.05) is 0 Å². The van der Waals surface area contributed by atoms with Crippen LogP contribution in [0.15, 0.2) is 28.9 Å². The van der Waals surface area contributed by atoms with Gasteiger partial charge in [0.15, 0.2) is 0 Å². The number of carbonyl (C=O) groups excluding carboxylic acids is 1. The van der Waals surface area contributed by atoms with Crippen LogP contribution in [0.3, 0.4) is 0 Å². The fourth-order valence-electron chi connectivity index (χ4n) is 2.42. The molecule has 0 aliphatic heterocycles. The maximum absolute atomic E-state index is 11.8. The zero-order valence-corrected chi connectivity index (χ0v) is 10.8. The summed E-state index contributed by atoms with van der Waals surface area (Å²) < 4.78 is 5.07. The van der Waals surface area contributed by atoms with E-state index in [1.165, 1.54) is 12.3 Å². The Morgan fingerprint density at radius 3 is 3.00 bits per heavy atom. The number of carboxylic acids is 1. The Bertz CT molecular complexity index is 492. The van der Waals surface area contributed by atoms with E-state index in [2.05, 4.69) is 5.32 Å². The molecule has 1 aliphatic carbocycles. The van der Waals surface area contributed by atoms with Gasteiger partial charge >= 0.3 is 5.97 Å². The molecule has 1 aromatic heterocycles. The molecule has 102 valence electrons. The van der Waals surface area contributed by atoms with E-state index in [0.717, 1.165) is 6.42 Å². The maximum atomic E-state index is 11.8. The van der Waals surface area contributed by atoms with Crippen molar-refractivity contribution in [3.63, 3.8) is 0 Å². The Morgan fingerprint density at radius 1 is 1.58 bits per heavy atom. The van der Waals surface area contributed by atoms with Crippen LogP contribution in [0.4, 0.5) is 0 Å². The summed E-state index contributed by atoms with van der Waals surface area (Å²) >= 11 is 0. The molecule has 5 nitrogen and oxygen atoms in total. The number of amides is 1. The first-order valence-corrected chi connectivity index (χ1v) is 6.28.